The summed E-state index contributed by atoms with van der Waals surface area (Å²) < 4.78 is 12.8. The first-order valence-corrected chi connectivity index (χ1v) is 7.07. The molecule has 1 aromatic carbocycles. The molecule has 3 N–H and O–H groups in total. The highest BCUT2D eigenvalue weighted by atomic mass is 19.1. The quantitative estimate of drug-likeness (QED) is 0.789. The van der Waals surface area contributed by atoms with Crippen molar-refractivity contribution in [1.29, 1.82) is 0 Å². The summed E-state index contributed by atoms with van der Waals surface area (Å²) in [4.78, 5) is 17.8. The summed E-state index contributed by atoms with van der Waals surface area (Å²) in [7, 11) is 3.75. The number of halogens is 1. The van der Waals surface area contributed by atoms with Crippen molar-refractivity contribution in [2.75, 3.05) is 30.9 Å². The first kappa shape index (κ1) is 16.7. The Bertz CT molecular complexity index is 644. The third-order valence-corrected chi connectivity index (χ3v) is 3.17. The van der Waals surface area contributed by atoms with Crippen molar-refractivity contribution in [3.05, 3.63) is 54.0 Å². The van der Waals surface area contributed by atoms with E-state index in [0.29, 0.717) is 11.3 Å². The molecule has 0 saturated heterocycles. The van der Waals surface area contributed by atoms with Gasteiger partial charge in [-0.25, -0.2) is 14.2 Å². The summed E-state index contributed by atoms with van der Waals surface area (Å²) in [5, 5.41) is 15.1. The summed E-state index contributed by atoms with van der Waals surface area (Å²) >= 11 is 0. The predicted molar refractivity (Wildman–Crippen MR) is 86.9 cm³/mol. The van der Waals surface area contributed by atoms with Crippen LogP contribution in [0.25, 0.3) is 0 Å². The fourth-order valence-corrected chi connectivity index (χ4v) is 1.89. The van der Waals surface area contributed by atoms with E-state index in [1.165, 1.54) is 24.3 Å². The van der Waals surface area contributed by atoms with Gasteiger partial charge in [-0.05, 0) is 29.8 Å². The number of aromatic nitrogens is 1. The highest BCUT2D eigenvalue weighted by Crippen LogP contribution is 2.13. The molecule has 0 saturated carbocycles. The van der Waals surface area contributed by atoms with Crippen LogP contribution >= 0.6 is 0 Å². The molecule has 0 spiro atoms. The SMILES string of the molecule is CN(C)c1ccc(NC(=O)NCC(O)c2ccc(F)cc2)cn1. The van der Waals surface area contributed by atoms with Crippen LogP contribution in [0.15, 0.2) is 42.6 Å². The van der Waals surface area contributed by atoms with Gasteiger partial charge in [0.05, 0.1) is 18.0 Å². The first-order valence-electron chi connectivity index (χ1n) is 7.07. The van der Waals surface area contributed by atoms with Crippen LogP contribution in [0, 0.1) is 5.82 Å². The lowest BCUT2D eigenvalue weighted by molar-refractivity contribution is 0.175. The van der Waals surface area contributed by atoms with Gasteiger partial charge in [0.25, 0.3) is 0 Å². The molecule has 0 aliphatic heterocycles. The number of nitrogens with one attached hydrogen (secondary N) is 2. The summed E-state index contributed by atoms with van der Waals surface area (Å²) in [5.74, 6) is 0.406. The molecule has 6 nitrogen and oxygen atoms in total. The van der Waals surface area contributed by atoms with Crippen LogP contribution in [-0.2, 0) is 0 Å². The van der Waals surface area contributed by atoms with E-state index in [1.54, 1.807) is 18.3 Å². The zero-order chi connectivity index (χ0) is 16.8. The Labute approximate surface area is 134 Å². The normalized spacial score (nSPS) is 11.7. The molecule has 0 radical (unpaired) electrons. The molecule has 0 bridgehead atoms. The molecule has 2 rings (SSSR count). The number of hydrogen-bond acceptors (Lipinski definition) is 4. The number of nitrogens with zero attached hydrogens (tertiary/aromatic N) is 2. The monoisotopic (exact) mass is 318 g/mol. The predicted octanol–water partition coefficient (Wildman–Crippen LogP) is 2.14. The molecule has 0 fully saturated rings. The summed E-state index contributed by atoms with van der Waals surface area (Å²) in [5.41, 5.74) is 1.08. The van der Waals surface area contributed by atoms with Crippen LogP contribution in [0.4, 0.5) is 20.7 Å². The fourth-order valence-electron chi connectivity index (χ4n) is 1.89. The van der Waals surface area contributed by atoms with Gasteiger partial charge in [-0.2, -0.15) is 0 Å². The topological polar surface area (TPSA) is 77.5 Å². The van der Waals surface area contributed by atoms with Crippen molar-refractivity contribution < 1.29 is 14.3 Å². The minimum atomic E-state index is -0.907. The van der Waals surface area contributed by atoms with Crippen LogP contribution in [0.5, 0.6) is 0 Å². The molecule has 2 aromatic rings. The lowest BCUT2D eigenvalue weighted by Gasteiger charge is -2.14. The second-order valence-electron chi connectivity index (χ2n) is 5.20. The van der Waals surface area contributed by atoms with Crippen LogP contribution in [0.1, 0.15) is 11.7 Å². The molecule has 1 heterocycles. The van der Waals surface area contributed by atoms with Gasteiger partial charge in [-0.3, -0.25) is 0 Å². The van der Waals surface area contributed by atoms with Gasteiger partial charge in [0, 0.05) is 20.6 Å². The number of benzene rings is 1. The van der Waals surface area contributed by atoms with Crippen molar-refractivity contribution in [1.82, 2.24) is 10.3 Å². The Morgan fingerprint density at radius 2 is 1.96 bits per heavy atom. The fraction of sp³-hybridized carbons (Fsp3) is 0.250. The third-order valence-electron chi connectivity index (χ3n) is 3.17. The Hall–Kier alpha value is -2.67. The second kappa shape index (κ2) is 7.55. The highest BCUT2D eigenvalue weighted by Gasteiger charge is 2.10. The van der Waals surface area contributed by atoms with Gasteiger partial charge >= 0.3 is 6.03 Å². The van der Waals surface area contributed by atoms with Gasteiger partial charge in [-0.15, -0.1) is 0 Å². The molecule has 122 valence electrons. The Balaban J connectivity index is 1.83. The number of hydrogen-bond donors (Lipinski definition) is 3. The average molecular weight is 318 g/mol. The molecule has 1 unspecified atom stereocenters. The molecule has 2 amide bonds. The van der Waals surface area contributed by atoms with Crippen LogP contribution in [0.3, 0.4) is 0 Å². The largest absolute Gasteiger partial charge is 0.387 e. The minimum Gasteiger partial charge on any atom is -0.387 e. The lowest BCUT2D eigenvalue weighted by atomic mass is 10.1. The number of urea groups is 1. The molecule has 1 atom stereocenters. The van der Waals surface area contributed by atoms with Crippen LogP contribution in [-0.4, -0.2) is 36.8 Å². The number of rotatable bonds is 5. The van der Waals surface area contributed by atoms with E-state index in [2.05, 4.69) is 15.6 Å². The second-order valence-corrected chi connectivity index (χ2v) is 5.20. The molecule has 1 aromatic heterocycles. The van der Waals surface area contributed by atoms with E-state index in [-0.39, 0.29) is 12.4 Å². The van der Waals surface area contributed by atoms with E-state index in [1.807, 2.05) is 19.0 Å². The average Bonchev–Trinajstić information content (AvgIpc) is 2.54. The Kier molecular flexibility index (Phi) is 5.48. The van der Waals surface area contributed by atoms with Gasteiger partial charge in [0.1, 0.15) is 11.6 Å². The van der Waals surface area contributed by atoms with Gasteiger partial charge in [0.2, 0.25) is 0 Å². The Morgan fingerprint density at radius 1 is 1.26 bits per heavy atom. The van der Waals surface area contributed by atoms with Crippen molar-refractivity contribution in [3.8, 4) is 0 Å². The van der Waals surface area contributed by atoms with E-state index in [0.717, 1.165) is 5.82 Å². The van der Waals surface area contributed by atoms with Crippen LogP contribution in [0.2, 0.25) is 0 Å². The minimum absolute atomic E-state index is 0.0146. The smallest absolute Gasteiger partial charge is 0.319 e. The third kappa shape index (κ3) is 4.93. The first-order chi connectivity index (χ1) is 11.0. The number of carbonyl (C=O) groups excluding carboxylic acids is 1. The summed E-state index contributed by atoms with van der Waals surface area (Å²) in [6, 6.07) is 8.53. The van der Waals surface area contributed by atoms with Gasteiger partial charge in [0.15, 0.2) is 0 Å². The number of aliphatic hydroxyl groups is 1. The van der Waals surface area contributed by atoms with E-state index >= 15 is 0 Å². The molecule has 0 aliphatic carbocycles. The van der Waals surface area contributed by atoms with Crippen LogP contribution < -0.4 is 15.5 Å². The molecule has 7 heteroatoms. The Morgan fingerprint density at radius 3 is 2.52 bits per heavy atom. The van der Waals surface area contributed by atoms with Crippen molar-refractivity contribution in [2.24, 2.45) is 0 Å². The summed E-state index contributed by atoms with van der Waals surface area (Å²) in [6.45, 7) is 0.0146. The van der Waals surface area contributed by atoms with Crippen molar-refractivity contribution in [3.63, 3.8) is 0 Å². The van der Waals surface area contributed by atoms with Gasteiger partial charge in [-0.1, -0.05) is 12.1 Å². The maximum atomic E-state index is 12.8. The van der Waals surface area contributed by atoms with E-state index < -0.39 is 12.1 Å². The van der Waals surface area contributed by atoms with Crippen molar-refractivity contribution >= 4 is 17.5 Å². The molecular formula is C16H19FN4O2. The number of aliphatic hydroxyl groups excluding tert-OH is 1. The van der Waals surface area contributed by atoms with Gasteiger partial charge < -0.3 is 20.6 Å². The lowest BCUT2D eigenvalue weighted by Crippen LogP contribution is -2.32. The molecule has 23 heavy (non-hydrogen) atoms. The maximum Gasteiger partial charge on any atom is 0.319 e. The number of pyridine rings is 1. The highest BCUT2D eigenvalue weighted by molar-refractivity contribution is 5.89. The standard InChI is InChI=1S/C16H19FN4O2/c1-21(2)15-8-7-13(9-18-15)20-16(23)19-10-14(22)11-3-5-12(17)6-4-11/h3-9,14,22H,10H2,1-2H3,(H2,19,20,23). The zero-order valence-electron chi connectivity index (χ0n) is 13.0. The number of carbonyl (C=O) groups is 1. The molecular weight excluding hydrogens is 299 g/mol. The van der Waals surface area contributed by atoms with E-state index in [9.17, 15) is 14.3 Å². The van der Waals surface area contributed by atoms with Crippen molar-refractivity contribution in [2.45, 2.75) is 6.10 Å². The number of anilines is 2. The zero-order valence-corrected chi connectivity index (χ0v) is 13.0. The molecule has 0 aliphatic rings. The summed E-state index contributed by atoms with van der Waals surface area (Å²) in [6.07, 6.45) is 0.640. The maximum absolute atomic E-state index is 12.8. The van der Waals surface area contributed by atoms with E-state index in [4.69, 9.17) is 0 Å². The number of amides is 2.